The van der Waals surface area contributed by atoms with Crippen molar-refractivity contribution in [1.82, 2.24) is 4.98 Å². The first-order chi connectivity index (χ1) is 15.7. The molecular formula is C26H34F2N2O4. The molecule has 1 unspecified atom stereocenters. The smallest absolute Gasteiger partial charge is 0.337 e. The molecule has 0 saturated carbocycles. The van der Waals surface area contributed by atoms with E-state index >= 15 is 4.39 Å². The molecule has 186 valence electrons. The number of piperidine rings is 1. The number of aliphatic carboxylic acids is 1. The number of rotatable bonds is 6. The quantitative estimate of drug-likeness (QED) is 0.559. The van der Waals surface area contributed by atoms with Crippen LogP contribution in [0.5, 0.6) is 5.75 Å². The third kappa shape index (κ3) is 5.49. The molecule has 1 aliphatic heterocycles. The minimum Gasteiger partial charge on any atom is -0.497 e. The zero-order valence-electron chi connectivity index (χ0n) is 21.0. The maximum Gasteiger partial charge on any atom is 0.337 e. The van der Waals surface area contributed by atoms with Gasteiger partial charge in [-0.15, -0.1) is 0 Å². The normalized spacial score (nSPS) is 16.9. The summed E-state index contributed by atoms with van der Waals surface area (Å²) in [4.78, 5) is 18.9. The number of aromatic nitrogens is 1. The molecule has 34 heavy (non-hydrogen) atoms. The largest absolute Gasteiger partial charge is 0.497 e. The van der Waals surface area contributed by atoms with Gasteiger partial charge in [0.2, 0.25) is 0 Å². The lowest BCUT2D eigenvalue weighted by Gasteiger charge is -2.41. The zero-order chi connectivity index (χ0) is 25.4. The van der Waals surface area contributed by atoms with E-state index in [4.69, 9.17) is 9.47 Å². The number of pyridine rings is 1. The topological polar surface area (TPSA) is 71.9 Å². The molecule has 3 rings (SSSR count). The molecule has 0 bridgehead atoms. The third-order valence-corrected chi connectivity index (χ3v) is 6.21. The number of nitrogens with zero attached hydrogens (tertiary/aromatic N) is 2. The van der Waals surface area contributed by atoms with Crippen molar-refractivity contribution in [2.45, 2.75) is 66.1 Å². The van der Waals surface area contributed by atoms with Gasteiger partial charge < -0.3 is 19.5 Å². The highest BCUT2D eigenvalue weighted by Crippen LogP contribution is 2.44. The summed E-state index contributed by atoms with van der Waals surface area (Å²) in [6.45, 7) is 12.7. The Labute approximate surface area is 199 Å². The highest BCUT2D eigenvalue weighted by atomic mass is 19.2. The van der Waals surface area contributed by atoms with Crippen molar-refractivity contribution >= 4 is 11.7 Å². The Balaban J connectivity index is 2.32. The van der Waals surface area contributed by atoms with Crippen LogP contribution in [0.25, 0.3) is 11.1 Å². The SMILES string of the molecule is COc1cc(F)c(F)c(-c2cnc(C)c(C(OC(C)(C)C)C(=O)O)c2N2CCC(C)(C)CC2)c1. The Bertz CT molecular complexity index is 1070. The van der Waals surface area contributed by atoms with Crippen molar-refractivity contribution in [2.24, 2.45) is 5.41 Å². The summed E-state index contributed by atoms with van der Waals surface area (Å²) in [5, 5.41) is 10.1. The molecule has 1 aromatic heterocycles. The number of carbonyl (C=O) groups is 1. The van der Waals surface area contributed by atoms with Gasteiger partial charge in [-0.25, -0.2) is 13.6 Å². The predicted octanol–water partition coefficient (Wildman–Crippen LogP) is 5.91. The molecule has 2 heterocycles. The van der Waals surface area contributed by atoms with E-state index in [2.05, 4.69) is 18.8 Å². The number of benzene rings is 1. The second kappa shape index (κ2) is 9.49. The molecule has 0 radical (unpaired) electrons. The zero-order valence-corrected chi connectivity index (χ0v) is 21.0. The summed E-state index contributed by atoms with van der Waals surface area (Å²) < 4.78 is 40.7. The summed E-state index contributed by atoms with van der Waals surface area (Å²) in [5.74, 6) is -3.11. The van der Waals surface area contributed by atoms with Crippen molar-refractivity contribution in [2.75, 3.05) is 25.1 Å². The van der Waals surface area contributed by atoms with Gasteiger partial charge in [0.15, 0.2) is 17.7 Å². The van der Waals surface area contributed by atoms with E-state index in [1.165, 1.54) is 19.4 Å². The lowest BCUT2D eigenvalue weighted by atomic mass is 9.82. The lowest BCUT2D eigenvalue weighted by molar-refractivity contribution is -0.160. The summed E-state index contributed by atoms with van der Waals surface area (Å²) in [6.07, 6.45) is 1.86. The molecule has 8 heteroatoms. The average molecular weight is 477 g/mol. The highest BCUT2D eigenvalue weighted by Gasteiger charge is 2.36. The Morgan fingerprint density at radius 1 is 1.18 bits per heavy atom. The van der Waals surface area contributed by atoms with E-state index in [0.717, 1.165) is 18.9 Å². The molecule has 0 amide bonds. The molecule has 1 N–H and O–H groups in total. The van der Waals surface area contributed by atoms with Gasteiger partial charge in [0.1, 0.15) is 5.75 Å². The summed E-state index contributed by atoms with van der Waals surface area (Å²) in [6, 6.07) is 2.39. The van der Waals surface area contributed by atoms with E-state index in [1.807, 2.05) is 4.90 Å². The van der Waals surface area contributed by atoms with Gasteiger partial charge in [0, 0.05) is 47.7 Å². The Morgan fingerprint density at radius 3 is 2.32 bits per heavy atom. The van der Waals surface area contributed by atoms with Crippen molar-refractivity contribution in [3.05, 3.63) is 41.2 Å². The standard InChI is InChI=1S/C26H34F2N2O4/c1-15-20(23(24(31)32)34-25(2,3)4)22(30-10-8-26(5,6)9-11-30)18(14-29-15)17-12-16(33-7)13-19(27)21(17)28/h12-14,23H,8-11H2,1-7H3,(H,31,32). The fourth-order valence-electron chi connectivity index (χ4n) is 4.26. The number of ether oxygens (including phenoxy) is 2. The van der Waals surface area contributed by atoms with E-state index in [0.29, 0.717) is 35.6 Å². The second-order valence-electron chi connectivity index (χ2n) is 10.6. The van der Waals surface area contributed by atoms with Gasteiger partial charge in [0.05, 0.1) is 18.4 Å². The summed E-state index contributed by atoms with van der Waals surface area (Å²) in [7, 11) is 1.38. The second-order valence-corrected chi connectivity index (χ2v) is 10.6. The van der Waals surface area contributed by atoms with Gasteiger partial charge in [-0.05, 0) is 52.0 Å². The van der Waals surface area contributed by atoms with Gasteiger partial charge in [-0.1, -0.05) is 13.8 Å². The number of hydrogen-bond donors (Lipinski definition) is 1. The van der Waals surface area contributed by atoms with Crippen LogP contribution in [0.15, 0.2) is 18.3 Å². The van der Waals surface area contributed by atoms with Gasteiger partial charge in [-0.2, -0.15) is 0 Å². The van der Waals surface area contributed by atoms with Crippen molar-refractivity contribution < 1.29 is 28.2 Å². The van der Waals surface area contributed by atoms with Gasteiger partial charge >= 0.3 is 5.97 Å². The van der Waals surface area contributed by atoms with E-state index in [9.17, 15) is 14.3 Å². The van der Waals surface area contributed by atoms with Crippen molar-refractivity contribution in [1.29, 1.82) is 0 Å². The van der Waals surface area contributed by atoms with Crippen molar-refractivity contribution in [3.8, 4) is 16.9 Å². The number of hydrogen-bond acceptors (Lipinski definition) is 5. The van der Waals surface area contributed by atoms with Crippen LogP contribution in [0, 0.1) is 24.0 Å². The first kappa shape index (κ1) is 25.9. The number of anilines is 1. The molecule has 0 aliphatic carbocycles. The van der Waals surface area contributed by atoms with Crippen LogP contribution >= 0.6 is 0 Å². The number of methoxy groups -OCH3 is 1. The van der Waals surface area contributed by atoms with E-state index < -0.39 is 29.3 Å². The molecule has 1 fully saturated rings. The summed E-state index contributed by atoms with van der Waals surface area (Å²) >= 11 is 0. The van der Waals surface area contributed by atoms with Gasteiger partial charge in [-0.3, -0.25) is 4.98 Å². The molecule has 1 atom stereocenters. The minimum atomic E-state index is -1.34. The van der Waals surface area contributed by atoms with Crippen LogP contribution in [0.3, 0.4) is 0 Å². The van der Waals surface area contributed by atoms with Crippen LogP contribution in [0.1, 0.15) is 64.8 Å². The summed E-state index contributed by atoms with van der Waals surface area (Å²) in [5.41, 5.74) is 0.947. The fourth-order valence-corrected chi connectivity index (χ4v) is 4.26. The van der Waals surface area contributed by atoms with Crippen LogP contribution in [-0.2, 0) is 9.53 Å². The molecule has 0 spiro atoms. The lowest BCUT2D eigenvalue weighted by Crippen LogP contribution is -2.39. The van der Waals surface area contributed by atoms with Crippen LogP contribution in [-0.4, -0.2) is 41.9 Å². The third-order valence-electron chi connectivity index (χ3n) is 6.21. The number of carboxylic acids is 1. The molecule has 1 aromatic carbocycles. The van der Waals surface area contributed by atoms with Crippen LogP contribution in [0.2, 0.25) is 0 Å². The molecular weight excluding hydrogens is 442 g/mol. The fraction of sp³-hybridized carbons (Fsp3) is 0.538. The Morgan fingerprint density at radius 2 is 1.79 bits per heavy atom. The van der Waals surface area contributed by atoms with E-state index in [-0.39, 0.29) is 16.7 Å². The average Bonchev–Trinajstić information content (AvgIpc) is 2.73. The number of aryl methyl sites for hydroxylation is 1. The molecule has 2 aromatic rings. The maximum absolute atomic E-state index is 15.1. The maximum atomic E-state index is 15.1. The molecule has 6 nitrogen and oxygen atoms in total. The molecule has 1 aliphatic rings. The highest BCUT2D eigenvalue weighted by molar-refractivity contribution is 5.87. The monoisotopic (exact) mass is 476 g/mol. The number of halogens is 2. The number of carboxylic acid groups (broad SMARTS) is 1. The van der Waals surface area contributed by atoms with Gasteiger partial charge in [0.25, 0.3) is 0 Å². The Kier molecular flexibility index (Phi) is 7.22. The first-order valence-electron chi connectivity index (χ1n) is 11.4. The van der Waals surface area contributed by atoms with Crippen LogP contribution < -0.4 is 9.64 Å². The first-order valence-corrected chi connectivity index (χ1v) is 11.4. The molecule has 1 saturated heterocycles. The minimum absolute atomic E-state index is 0.0367. The predicted molar refractivity (Wildman–Crippen MR) is 127 cm³/mol. The Hall–Kier alpha value is -2.74. The van der Waals surface area contributed by atoms with E-state index in [1.54, 1.807) is 27.7 Å². The van der Waals surface area contributed by atoms with Crippen LogP contribution in [0.4, 0.5) is 14.5 Å². The van der Waals surface area contributed by atoms with Crippen molar-refractivity contribution in [3.63, 3.8) is 0 Å².